The first-order valence-corrected chi connectivity index (χ1v) is 24.8. The number of pyridine rings is 2. The van der Waals surface area contributed by atoms with Gasteiger partial charge in [-0.15, -0.1) is 0 Å². The van der Waals surface area contributed by atoms with Crippen molar-refractivity contribution < 1.29 is 38.6 Å². The van der Waals surface area contributed by atoms with Crippen LogP contribution in [0.1, 0.15) is 23.2 Å². The fraction of sp³-hybridized carbons (Fsp3) is 0.232. The molecule has 1 aliphatic heterocycles. The molecule has 5 amide bonds. The van der Waals surface area contributed by atoms with E-state index in [4.69, 9.17) is 19.4 Å². The highest BCUT2D eigenvalue weighted by atomic mass is 16.5. The van der Waals surface area contributed by atoms with E-state index in [0.717, 1.165) is 75.6 Å². The van der Waals surface area contributed by atoms with Gasteiger partial charge in [0.05, 0.1) is 22.1 Å². The SMILES string of the molecule is CN1CCN(c2cc(C(=O)NCCN(CCC(=O)NC(=O)COc3ccc4cnccc4c3)CCC(=O)NC(=O)COc3ccc4cnccc4c3)c3nc(-c4ccc5nc(-c6ccc(O)cc6)[nH]c5c4)[nH]c3c2)CC1. The Bertz CT molecular complexity index is 3500. The Labute approximate surface area is 435 Å². The Morgan fingerprint density at radius 2 is 1.21 bits per heavy atom. The lowest BCUT2D eigenvalue weighted by atomic mass is 10.1. The van der Waals surface area contributed by atoms with Crippen LogP contribution in [0.2, 0.25) is 0 Å². The van der Waals surface area contributed by atoms with Crippen LogP contribution in [0.15, 0.2) is 128 Å². The van der Waals surface area contributed by atoms with Crippen LogP contribution in [0.5, 0.6) is 17.2 Å². The summed E-state index contributed by atoms with van der Waals surface area (Å²) in [6.07, 6.45) is 6.52. The first-order chi connectivity index (χ1) is 37.0. The molecule has 20 nitrogen and oxygen atoms in total. The number of anilines is 1. The molecule has 0 spiro atoms. The van der Waals surface area contributed by atoms with Crippen LogP contribution >= 0.6 is 0 Å². The zero-order valence-electron chi connectivity index (χ0n) is 41.5. The van der Waals surface area contributed by atoms with Crippen molar-refractivity contribution >= 4 is 78.8 Å². The lowest BCUT2D eigenvalue weighted by molar-refractivity contribution is -0.132. The molecule has 76 heavy (non-hydrogen) atoms. The van der Waals surface area contributed by atoms with Crippen molar-refractivity contribution in [1.29, 1.82) is 0 Å². The number of nitrogens with zero attached hydrogens (tertiary/aromatic N) is 7. The highest BCUT2D eigenvalue weighted by Gasteiger charge is 2.23. The van der Waals surface area contributed by atoms with Gasteiger partial charge >= 0.3 is 0 Å². The Kier molecular flexibility index (Phi) is 15.1. The summed E-state index contributed by atoms with van der Waals surface area (Å²) in [7, 11) is 2.08. The molecule has 0 aliphatic carbocycles. The van der Waals surface area contributed by atoms with E-state index in [-0.39, 0.29) is 50.7 Å². The smallest absolute Gasteiger partial charge is 0.264 e. The topological polar surface area (TPSA) is 253 Å². The lowest BCUT2D eigenvalue weighted by Gasteiger charge is -2.34. The first kappa shape index (κ1) is 50.3. The number of phenols is 1. The van der Waals surface area contributed by atoms with Crippen molar-refractivity contribution in [3.05, 3.63) is 133 Å². The second-order valence-corrected chi connectivity index (χ2v) is 18.5. The van der Waals surface area contributed by atoms with Crippen molar-refractivity contribution in [2.75, 3.05) is 77.5 Å². The summed E-state index contributed by atoms with van der Waals surface area (Å²) in [6.45, 7) is 3.00. The number of imide groups is 2. The van der Waals surface area contributed by atoms with Gasteiger partial charge in [-0.05, 0) is 121 Å². The molecule has 0 saturated carbocycles. The highest BCUT2D eigenvalue weighted by Crippen LogP contribution is 2.31. The second-order valence-electron chi connectivity index (χ2n) is 18.5. The third-order valence-corrected chi connectivity index (χ3v) is 13.1. The first-order valence-electron chi connectivity index (χ1n) is 24.8. The Hall–Kier alpha value is -9.27. The number of phenolic OH excluding ortho intramolecular Hbond substituents is 1. The minimum absolute atomic E-state index is 0.110. The number of carbonyl (C=O) groups is 5. The summed E-state index contributed by atoms with van der Waals surface area (Å²) in [4.78, 5) is 97.3. The average Bonchev–Trinajstić information content (AvgIpc) is 4.09. The van der Waals surface area contributed by atoms with Crippen molar-refractivity contribution in [2.45, 2.75) is 12.8 Å². The van der Waals surface area contributed by atoms with E-state index in [1.165, 1.54) is 0 Å². The fourth-order valence-corrected chi connectivity index (χ4v) is 8.96. The van der Waals surface area contributed by atoms with Crippen LogP contribution < -0.4 is 30.3 Å². The summed E-state index contributed by atoms with van der Waals surface area (Å²) in [5.41, 5.74) is 5.50. The number of likely N-dealkylation sites (N-methyl/N-ethyl adjacent to an activating group) is 1. The van der Waals surface area contributed by atoms with Gasteiger partial charge in [0, 0.05) is 118 Å². The number of piperazine rings is 1. The molecule has 5 aromatic carbocycles. The Morgan fingerprint density at radius 1 is 0.618 bits per heavy atom. The van der Waals surface area contributed by atoms with Crippen LogP contribution in [-0.4, -0.2) is 147 Å². The number of aromatic amines is 2. The number of nitrogens with one attached hydrogen (secondary N) is 5. The van der Waals surface area contributed by atoms with Crippen LogP contribution in [0, 0.1) is 0 Å². The summed E-state index contributed by atoms with van der Waals surface area (Å²) in [5.74, 6) is -0.478. The number of rotatable bonds is 19. The quantitative estimate of drug-likeness (QED) is 0.0578. The van der Waals surface area contributed by atoms with E-state index in [1.807, 2.05) is 54.6 Å². The molecule has 4 aromatic heterocycles. The standard InChI is InChI=1S/C56H54N12O8/c1-66-22-24-68(25-23-66)41-29-45(53-48(30-41)62-55(65-53)38-6-11-46-47(28-38)61-54(60-46)35-2-7-42(69)8-3-35)56(74)59-18-21-67(19-14-49(70)63-51(72)33-75-43-9-4-39-31-57-16-12-36(39)26-43)20-15-50(71)64-52(73)34-76-44-10-5-40-32-58-17-13-37(40)27-44/h2-13,16-17,26-32,69H,14-15,18-25,33-34H2,1H3,(H,59,74)(H,60,61)(H,62,65)(H,63,70,72)(H,64,71,73). The summed E-state index contributed by atoms with van der Waals surface area (Å²) < 4.78 is 11.3. The molecule has 0 bridgehead atoms. The molecule has 9 aromatic rings. The average molecular weight is 1020 g/mol. The molecule has 0 unspecified atom stereocenters. The molecular weight excluding hydrogens is 969 g/mol. The maximum atomic E-state index is 14.4. The van der Waals surface area contributed by atoms with Gasteiger partial charge in [-0.1, -0.05) is 0 Å². The van der Waals surface area contributed by atoms with E-state index in [2.05, 4.69) is 52.7 Å². The minimum atomic E-state index is -0.632. The van der Waals surface area contributed by atoms with Gasteiger partial charge in [0.1, 0.15) is 34.4 Å². The van der Waals surface area contributed by atoms with Gasteiger partial charge in [-0.2, -0.15) is 0 Å². The number of benzene rings is 5. The molecule has 6 N–H and O–H groups in total. The molecule has 0 atom stereocenters. The maximum absolute atomic E-state index is 14.4. The predicted octanol–water partition coefficient (Wildman–Crippen LogP) is 5.58. The fourth-order valence-electron chi connectivity index (χ4n) is 8.96. The van der Waals surface area contributed by atoms with E-state index in [0.29, 0.717) is 39.7 Å². The lowest BCUT2D eigenvalue weighted by Crippen LogP contribution is -2.44. The monoisotopic (exact) mass is 1020 g/mol. The number of amides is 5. The van der Waals surface area contributed by atoms with E-state index in [1.54, 1.807) is 78.2 Å². The zero-order valence-corrected chi connectivity index (χ0v) is 41.5. The van der Waals surface area contributed by atoms with Crippen molar-refractivity contribution in [3.63, 3.8) is 0 Å². The molecule has 1 fully saturated rings. The molecule has 1 aliphatic rings. The van der Waals surface area contributed by atoms with E-state index >= 15 is 0 Å². The normalized spacial score (nSPS) is 12.8. The Morgan fingerprint density at radius 3 is 1.84 bits per heavy atom. The molecule has 386 valence electrons. The van der Waals surface area contributed by atoms with Crippen LogP contribution in [0.3, 0.4) is 0 Å². The van der Waals surface area contributed by atoms with Crippen molar-refractivity contribution in [1.82, 2.24) is 55.7 Å². The number of hydrogen-bond acceptors (Lipinski definition) is 15. The Balaban J connectivity index is 0.810. The maximum Gasteiger partial charge on any atom is 0.264 e. The van der Waals surface area contributed by atoms with E-state index in [9.17, 15) is 29.1 Å². The van der Waals surface area contributed by atoms with Gasteiger partial charge in [-0.3, -0.25) is 44.6 Å². The zero-order chi connectivity index (χ0) is 52.5. The summed E-state index contributed by atoms with van der Waals surface area (Å²) in [5, 5.41) is 21.2. The van der Waals surface area contributed by atoms with Gasteiger partial charge in [0.2, 0.25) is 11.8 Å². The molecule has 20 heteroatoms. The number of aromatic nitrogens is 6. The predicted molar refractivity (Wildman–Crippen MR) is 287 cm³/mol. The second kappa shape index (κ2) is 22.9. The van der Waals surface area contributed by atoms with Gasteiger partial charge in [0.15, 0.2) is 13.2 Å². The van der Waals surface area contributed by atoms with E-state index < -0.39 is 36.8 Å². The molecule has 0 radical (unpaired) electrons. The van der Waals surface area contributed by atoms with Crippen LogP contribution in [0.25, 0.3) is 66.4 Å². The number of imidazole rings is 2. The molecular formula is C56H54N12O8. The number of carbonyl (C=O) groups excluding carboxylic acids is 5. The largest absolute Gasteiger partial charge is 0.508 e. The number of H-pyrrole nitrogens is 2. The van der Waals surface area contributed by atoms with Gasteiger partial charge in [-0.25, -0.2) is 9.97 Å². The van der Waals surface area contributed by atoms with Crippen molar-refractivity contribution in [3.8, 4) is 40.0 Å². The number of ether oxygens (including phenoxy) is 2. The number of hydrogen-bond donors (Lipinski definition) is 6. The molecule has 1 saturated heterocycles. The van der Waals surface area contributed by atoms with Gasteiger partial charge in [0.25, 0.3) is 17.7 Å². The molecule has 5 heterocycles. The van der Waals surface area contributed by atoms with Crippen molar-refractivity contribution in [2.24, 2.45) is 0 Å². The minimum Gasteiger partial charge on any atom is -0.508 e. The third kappa shape index (κ3) is 12.4. The summed E-state index contributed by atoms with van der Waals surface area (Å²) in [6, 6.07) is 30.7. The van der Waals surface area contributed by atoms with Gasteiger partial charge < -0.3 is 44.6 Å². The van der Waals surface area contributed by atoms with Crippen LogP contribution in [-0.2, 0) is 19.2 Å². The number of fused-ring (bicyclic) bond motifs is 4. The summed E-state index contributed by atoms with van der Waals surface area (Å²) >= 11 is 0. The highest BCUT2D eigenvalue weighted by molar-refractivity contribution is 6.07. The molecule has 10 rings (SSSR count). The van der Waals surface area contributed by atoms with Crippen LogP contribution in [0.4, 0.5) is 5.69 Å². The number of aromatic hydroxyl groups is 1. The third-order valence-electron chi connectivity index (χ3n) is 13.1.